The first-order chi connectivity index (χ1) is 9.65. The maximum absolute atomic E-state index is 4.41. The van der Waals surface area contributed by atoms with Crippen molar-refractivity contribution in [2.45, 2.75) is 26.1 Å². The molecule has 0 saturated heterocycles. The van der Waals surface area contributed by atoms with E-state index in [1.165, 1.54) is 11.1 Å². The van der Waals surface area contributed by atoms with Gasteiger partial charge in [0.1, 0.15) is 0 Å². The molecule has 0 fully saturated rings. The Morgan fingerprint density at radius 3 is 2.65 bits per heavy atom. The molecule has 0 bridgehead atoms. The molecular weight excluding hydrogens is 248 g/mol. The number of aromatic nitrogens is 2. The minimum Gasteiger partial charge on any atom is -0.311 e. The molecule has 20 heavy (non-hydrogen) atoms. The van der Waals surface area contributed by atoms with Gasteiger partial charge in [-0.2, -0.15) is 5.10 Å². The average Bonchev–Trinajstić information content (AvgIpc) is 2.87. The summed E-state index contributed by atoms with van der Waals surface area (Å²) in [5, 5.41) is 7.88. The first kappa shape index (κ1) is 14.8. The second kappa shape index (κ2) is 7.22. The van der Waals surface area contributed by atoms with E-state index in [2.05, 4.69) is 66.8 Å². The van der Waals surface area contributed by atoms with Crippen LogP contribution < -0.4 is 5.32 Å². The SMILES string of the molecule is CC(CNCc1cnn(Cc2ccccc2)c1)N(C)C. The highest BCUT2D eigenvalue weighted by molar-refractivity contribution is 5.15. The van der Waals surface area contributed by atoms with Gasteiger partial charge in [-0.25, -0.2) is 0 Å². The monoisotopic (exact) mass is 272 g/mol. The summed E-state index contributed by atoms with van der Waals surface area (Å²) in [6.07, 6.45) is 4.05. The molecule has 4 nitrogen and oxygen atoms in total. The van der Waals surface area contributed by atoms with Gasteiger partial charge in [-0.3, -0.25) is 4.68 Å². The highest BCUT2D eigenvalue weighted by Gasteiger charge is 2.04. The number of hydrogen-bond acceptors (Lipinski definition) is 3. The third kappa shape index (κ3) is 4.47. The Bertz CT molecular complexity index is 504. The van der Waals surface area contributed by atoms with Crippen LogP contribution in [-0.2, 0) is 13.1 Å². The smallest absolute Gasteiger partial charge is 0.0659 e. The van der Waals surface area contributed by atoms with Gasteiger partial charge in [-0.15, -0.1) is 0 Å². The molecule has 1 atom stereocenters. The molecule has 0 aliphatic carbocycles. The van der Waals surface area contributed by atoms with Gasteiger partial charge in [0.05, 0.1) is 12.7 Å². The Balaban J connectivity index is 1.80. The molecule has 0 amide bonds. The zero-order chi connectivity index (χ0) is 14.4. The van der Waals surface area contributed by atoms with Crippen LogP contribution in [0.15, 0.2) is 42.7 Å². The summed E-state index contributed by atoms with van der Waals surface area (Å²) in [5.74, 6) is 0. The van der Waals surface area contributed by atoms with Crippen LogP contribution in [0.5, 0.6) is 0 Å². The van der Waals surface area contributed by atoms with Crippen LogP contribution >= 0.6 is 0 Å². The number of hydrogen-bond donors (Lipinski definition) is 1. The summed E-state index contributed by atoms with van der Waals surface area (Å²) < 4.78 is 1.99. The predicted octanol–water partition coefficient (Wildman–Crippen LogP) is 1.97. The lowest BCUT2D eigenvalue weighted by Crippen LogP contribution is -2.35. The molecule has 0 saturated carbocycles. The molecule has 108 valence electrons. The highest BCUT2D eigenvalue weighted by atomic mass is 15.3. The third-order valence-corrected chi connectivity index (χ3v) is 3.52. The van der Waals surface area contributed by atoms with Gasteiger partial charge in [0, 0.05) is 30.9 Å². The van der Waals surface area contributed by atoms with E-state index >= 15 is 0 Å². The molecule has 1 aromatic carbocycles. The normalized spacial score (nSPS) is 12.8. The van der Waals surface area contributed by atoms with E-state index in [9.17, 15) is 0 Å². The first-order valence-corrected chi connectivity index (χ1v) is 7.07. The van der Waals surface area contributed by atoms with Crippen molar-refractivity contribution in [1.82, 2.24) is 20.0 Å². The first-order valence-electron chi connectivity index (χ1n) is 7.07. The van der Waals surface area contributed by atoms with Gasteiger partial charge in [-0.05, 0) is 26.6 Å². The van der Waals surface area contributed by atoms with Crippen molar-refractivity contribution in [2.75, 3.05) is 20.6 Å². The second-order valence-electron chi connectivity index (χ2n) is 5.48. The number of likely N-dealkylation sites (N-methyl/N-ethyl adjacent to an activating group) is 1. The fraction of sp³-hybridized carbons (Fsp3) is 0.438. The van der Waals surface area contributed by atoms with Crippen LogP contribution in [0.2, 0.25) is 0 Å². The van der Waals surface area contributed by atoms with Crippen LogP contribution in [0.25, 0.3) is 0 Å². The van der Waals surface area contributed by atoms with E-state index in [0.717, 1.165) is 19.6 Å². The van der Waals surface area contributed by atoms with E-state index in [4.69, 9.17) is 0 Å². The van der Waals surface area contributed by atoms with E-state index in [0.29, 0.717) is 6.04 Å². The highest BCUT2D eigenvalue weighted by Crippen LogP contribution is 2.04. The van der Waals surface area contributed by atoms with Crippen LogP contribution in [0, 0.1) is 0 Å². The van der Waals surface area contributed by atoms with Gasteiger partial charge in [0.2, 0.25) is 0 Å². The number of rotatable bonds is 7. The summed E-state index contributed by atoms with van der Waals surface area (Å²) >= 11 is 0. The Kier molecular flexibility index (Phi) is 5.32. The zero-order valence-electron chi connectivity index (χ0n) is 12.6. The molecule has 0 radical (unpaired) electrons. The molecule has 2 aromatic rings. The summed E-state index contributed by atoms with van der Waals surface area (Å²) in [7, 11) is 4.20. The van der Waals surface area contributed by atoms with Crippen LogP contribution in [-0.4, -0.2) is 41.4 Å². The maximum Gasteiger partial charge on any atom is 0.0659 e. The van der Waals surface area contributed by atoms with Gasteiger partial charge in [0.15, 0.2) is 0 Å². The second-order valence-corrected chi connectivity index (χ2v) is 5.48. The minimum atomic E-state index is 0.536. The maximum atomic E-state index is 4.41. The van der Waals surface area contributed by atoms with E-state index in [-0.39, 0.29) is 0 Å². The molecule has 1 N–H and O–H groups in total. The molecule has 0 aliphatic rings. The standard InChI is InChI=1S/C16H24N4/c1-14(19(2)3)9-17-10-16-11-18-20(13-16)12-15-7-5-4-6-8-15/h4-8,11,13-14,17H,9-10,12H2,1-3H3. The summed E-state index contributed by atoms with van der Waals surface area (Å²) in [6, 6.07) is 10.9. The van der Waals surface area contributed by atoms with Gasteiger partial charge < -0.3 is 10.2 Å². The lowest BCUT2D eigenvalue weighted by atomic mass is 10.2. The van der Waals surface area contributed by atoms with Crippen molar-refractivity contribution < 1.29 is 0 Å². The average molecular weight is 272 g/mol. The topological polar surface area (TPSA) is 33.1 Å². The molecule has 1 heterocycles. The molecule has 1 aromatic heterocycles. The van der Waals surface area contributed by atoms with Gasteiger partial charge in [-0.1, -0.05) is 30.3 Å². The largest absolute Gasteiger partial charge is 0.311 e. The van der Waals surface area contributed by atoms with Crippen LogP contribution in [0.1, 0.15) is 18.1 Å². The fourth-order valence-corrected chi connectivity index (χ4v) is 1.96. The Morgan fingerprint density at radius 2 is 1.95 bits per heavy atom. The Hall–Kier alpha value is -1.65. The molecule has 2 rings (SSSR count). The van der Waals surface area contributed by atoms with Crippen molar-refractivity contribution in [3.63, 3.8) is 0 Å². The molecule has 0 spiro atoms. The third-order valence-electron chi connectivity index (χ3n) is 3.52. The van der Waals surface area contributed by atoms with Gasteiger partial charge >= 0.3 is 0 Å². The quantitative estimate of drug-likeness (QED) is 0.836. The number of benzene rings is 1. The lowest BCUT2D eigenvalue weighted by Gasteiger charge is -2.19. The van der Waals surface area contributed by atoms with Crippen LogP contribution in [0.3, 0.4) is 0 Å². The van der Waals surface area contributed by atoms with Crippen molar-refractivity contribution in [3.05, 3.63) is 53.9 Å². The van der Waals surface area contributed by atoms with Crippen molar-refractivity contribution >= 4 is 0 Å². The van der Waals surface area contributed by atoms with E-state index in [1.807, 2.05) is 16.9 Å². The molecule has 4 heteroatoms. The van der Waals surface area contributed by atoms with Crippen molar-refractivity contribution in [3.8, 4) is 0 Å². The zero-order valence-corrected chi connectivity index (χ0v) is 12.6. The summed E-state index contributed by atoms with van der Waals surface area (Å²) in [4.78, 5) is 2.21. The molecule has 1 unspecified atom stereocenters. The summed E-state index contributed by atoms with van der Waals surface area (Å²) in [5.41, 5.74) is 2.50. The Labute approximate surface area is 121 Å². The Morgan fingerprint density at radius 1 is 1.20 bits per heavy atom. The van der Waals surface area contributed by atoms with Crippen molar-refractivity contribution in [2.24, 2.45) is 0 Å². The van der Waals surface area contributed by atoms with E-state index in [1.54, 1.807) is 0 Å². The van der Waals surface area contributed by atoms with Gasteiger partial charge in [0.25, 0.3) is 0 Å². The molecular formula is C16H24N4. The minimum absolute atomic E-state index is 0.536. The lowest BCUT2D eigenvalue weighted by molar-refractivity contribution is 0.302. The van der Waals surface area contributed by atoms with E-state index < -0.39 is 0 Å². The summed E-state index contributed by atoms with van der Waals surface area (Å²) in [6.45, 7) is 4.89. The number of nitrogens with zero attached hydrogens (tertiary/aromatic N) is 3. The fourth-order valence-electron chi connectivity index (χ4n) is 1.96. The predicted molar refractivity (Wildman–Crippen MR) is 82.6 cm³/mol. The van der Waals surface area contributed by atoms with Crippen LogP contribution in [0.4, 0.5) is 0 Å². The number of nitrogens with one attached hydrogen (secondary N) is 1. The molecule has 0 aliphatic heterocycles. The van der Waals surface area contributed by atoms with Crippen molar-refractivity contribution in [1.29, 1.82) is 0 Å².